The third-order valence-corrected chi connectivity index (χ3v) is 5.76. The Morgan fingerprint density at radius 2 is 1.75 bits per heavy atom. The molecule has 6 nitrogen and oxygen atoms in total. The van der Waals surface area contributed by atoms with Crippen molar-refractivity contribution in [3.63, 3.8) is 0 Å². The summed E-state index contributed by atoms with van der Waals surface area (Å²) < 4.78 is 1.77. The van der Waals surface area contributed by atoms with Crippen molar-refractivity contribution in [3.05, 3.63) is 69.2 Å². The molecule has 7 heteroatoms. The zero-order valence-electron chi connectivity index (χ0n) is 22.3. The Balaban J connectivity index is 0.000000850. The first-order valence-corrected chi connectivity index (χ1v) is 13.1. The van der Waals surface area contributed by atoms with E-state index in [1.165, 1.54) is 6.42 Å². The SMILES string of the molecule is CC.CCC.CCN(CC)CCn1c(=O)[nH]c2ccc(C#Cc3c(N)ncc4ccc(Cl)cc34)cc21. The summed E-state index contributed by atoms with van der Waals surface area (Å²) in [6.45, 7) is 15.8. The quantitative estimate of drug-likeness (QED) is 0.311. The number of aromatic amines is 1. The maximum absolute atomic E-state index is 12.5. The van der Waals surface area contributed by atoms with Gasteiger partial charge in [0.25, 0.3) is 0 Å². The summed E-state index contributed by atoms with van der Waals surface area (Å²) in [6, 6.07) is 11.3. The Labute approximate surface area is 219 Å². The summed E-state index contributed by atoms with van der Waals surface area (Å²) in [4.78, 5) is 21.9. The fourth-order valence-corrected chi connectivity index (χ4v) is 3.87. The van der Waals surface area contributed by atoms with E-state index in [0.717, 1.165) is 47.0 Å². The molecule has 4 rings (SSSR count). The Morgan fingerprint density at radius 3 is 2.42 bits per heavy atom. The van der Waals surface area contributed by atoms with Gasteiger partial charge in [0.2, 0.25) is 0 Å². The molecule has 2 aromatic carbocycles. The number of H-pyrrole nitrogens is 1. The van der Waals surface area contributed by atoms with Crippen molar-refractivity contribution in [2.45, 2.75) is 54.5 Å². The van der Waals surface area contributed by atoms with Crippen molar-refractivity contribution < 1.29 is 0 Å². The summed E-state index contributed by atoms with van der Waals surface area (Å²) >= 11 is 6.17. The number of nitrogens with one attached hydrogen (secondary N) is 1. The highest BCUT2D eigenvalue weighted by Crippen LogP contribution is 2.25. The van der Waals surface area contributed by atoms with E-state index in [1.807, 2.05) is 50.2 Å². The van der Waals surface area contributed by atoms with Crippen LogP contribution in [0.15, 0.2) is 47.4 Å². The molecule has 0 aliphatic heterocycles. The minimum atomic E-state index is -0.107. The van der Waals surface area contributed by atoms with E-state index in [-0.39, 0.29) is 5.69 Å². The summed E-state index contributed by atoms with van der Waals surface area (Å²) in [5.41, 5.74) is 9.08. The zero-order chi connectivity index (χ0) is 26.7. The number of imidazole rings is 1. The van der Waals surface area contributed by atoms with Gasteiger partial charge in [-0.3, -0.25) is 4.57 Å². The Morgan fingerprint density at radius 1 is 1.06 bits per heavy atom. The molecule has 192 valence electrons. The molecule has 0 unspecified atom stereocenters. The van der Waals surface area contributed by atoms with Gasteiger partial charge in [-0.2, -0.15) is 0 Å². The molecule has 0 amide bonds. The highest BCUT2D eigenvalue weighted by molar-refractivity contribution is 6.31. The average Bonchev–Trinajstić information content (AvgIpc) is 3.20. The fraction of sp³-hybridized carbons (Fsp3) is 0.379. The molecule has 4 aromatic rings. The molecular weight excluding hydrogens is 470 g/mol. The number of halogens is 1. The molecule has 0 radical (unpaired) electrons. The number of nitrogens with zero attached hydrogens (tertiary/aromatic N) is 3. The topological polar surface area (TPSA) is 79.9 Å². The second kappa shape index (κ2) is 14.3. The second-order valence-electron chi connectivity index (χ2n) is 8.05. The highest BCUT2D eigenvalue weighted by Gasteiger charge is 2.09. The number of nitrogen functional groups attached to an aromatic ring is 1. The molecular formula is C29H38ClN5O. The molecule has 36 heavy (non-hydrogen) atoms. The molecule has 0 saturated heterocycles. The average molecular weight is 508 g/mol. The molecule has 2 heterocycles. The van der Waals surface area contributed by atoms with Crippen LogP contribution in [-0.4, -0.2) is 39.1 Å². The van der Waals surface area contributed by atoms with Crippen molar-refractivity contribution in [2.75, 3.05) is 25.4 Å². The van der Waals surface area contributed by atoms with E-state index in [9.17, 15) is 4.79 Å². The minimum absolute atomic E-state index is 0.107. The van der Waals surface area contributed by atoms with Crippen LogP contribution in [0.1, 0.15) is 59.1 Å². The maximum Gasteiger partial charge on any atom is 0.326 e. The van der Waals surface area contributed by atoms with E-state index in [1.54, 1.807) is 10.8 Å². The number of hydrogen-bond donors (Lipinski definition) is 2. The van der Waals surface area contributed by atoms with Crippen molar-refractivity contribution in [2.24, 2.45) is 0 Å². The van der Waals surface area contributed by atoms with Gasteiger partial charge >= 0.3 is 5.69 Å². The van der Waals surface area contributed by atoms with Crippen molar-refractivity contribution in [3.8, 4) is 11.8 Å². The summed E-state index contributed by atoms with van der Waals surface area (Å²) in [5.74, 6) is 6.70. The monoisotopic (exact) mass is 507 g/mol. The first kappa shape index (κ1) is 29.0. The lowest BCUT2D eigenvalue weighted by Crippen LogP contribution is -2.30. The lowest BCUT2D eigenvalue weighted by molar-refractivity contribution is 0.290. The molecule has 0 fully saturated rings. The second-order valence-corrected chi connectivity index (χ2v) is 8.48. The molecule has 2 aromatic heterocycles. The van der Waals surface area contributed by atoms with Gasteiger partial charge in [-0.15, -0.1) is 0 Å². The number of rotatable bonds is 5. The predicted octanol–water partition coefficient (Wildman–Crippen LogP) is 6.30. The number of fused-ring (bicyclic) bond motifs is 2. The van der Waals surface area contributed by atoms with Gasteiger partial charge < -0.3 is 15.6 Å². The summed E-state index contributed by atoms with van der Waals surface area (Å²) in [6.07, 6.45) is 2.96. The van der Waals surface area contributed by atoms with Gasteiger partial charge in [-0.05, 0) is 43.4 Å². The van der Waals surface area contributed by atoms with Crippen molar-refractivity contribution in [1.82, 2.24) is 19.4 Å². The van der Waals surface area contributed by atoms with Gasteiger partial charge in [0.15, 0.2) is 0 Å². The van der Waals surface area contributed by atoms with Crippen LogP contribution >= 0.6 is 11.6 Å². The molecule has 0 atom stereocenters. The Kier molecular flexibility index (Phi) is 11.5. The number of benzene rings is 2. The van der Waals surface area contributed by atoms with Crippen LogP contribution in [0.2, 0.25) is 5.02 Å². The van der Waals surface area contributed by atoms with Gasteiger partial charge in [0, 0.05) is 40.6 Å². The summed E-state index contributed by atoms with van der Waals surface area (Å²) in [5, 5.41) is 2.41. The number of anilines is 1. The molecule has 0 saturated carbocycles. The number of likely N-dealkylation sites (N-methyl/N-ethyl adjacent to an activating group) is 1. The number of nitrogens with two attached hydrogens (primary N) is 1. The Hall–Kier alpha value is -3.27. The minimum Gasteiger partial charge on any atom is -0.383 e. The van der Waals surface area contributed by atoms with E-state index in [0.29, 0.717) is 22.9 Å². The van der Waals surface area contributed by atoms with Crippen LogP contribution < -0.4 is 11.4 Å². The number of hydrogen-bond acceptors (Lipinski definition) is 4. The molecule has 3 N–H and O–H groups in total. The van der Waals surface area contributed by atoms with Gasteiger partial charge in [0.1, 0.15) is 5.82 Å². The van der Waals surface area contributed by atoms with E-state index < -0.39 is 0 Å². The largest absolute Gasteiger partial charge is 0.383 e. The highest BCUT2D eigenvalue weighted by atomic mass is 35.5. The van der Waals surface area contributed by atoms with Crippen LogP contribution in [-0.2, 0) is 6.54 Å². The lowest BCUT2D eigenvalue weighted by atomic mass is 10.1. The first-order chi connectivity index (χ1) is 17.4. The van der Waals surface area contributed by atoms with Gasteiger partial charge in [-0.1, -0.05) is 77.5 Å². The smallest absolute Gasteiger partial charge is 0.326 e. The number of aromatic nitrogens is 3. The molecule has 0 aliphatic carbocycles. The third kappa shape index (κ3) is 7.13. The lowest BCUT2D eigenvalue weighted by Gasteiger charge is -2.17. The number of pyridine rings is 1. The predicted molar refractivity (Wildman–Crippen MR) is 155 cm³/mol. The fourth-order valence-electron chi connectivity index (χ4n) is 3.70. The molecule has 0 spiro atoms. The first-order valence-electron chi connectivity index (χ1n) is 12.7. The van der Waals surface area contributed by atoms with Crippen molar-refractivity contribution >= 4 is 39.2 Å². The van der Waals surface area contributed by atoms with E-state index in [4.69, 9.17) is 17.3 Å². The molecule has 0 aliphatic rings. The van der Waals surface area contributed by atoms with Crippen molar-refractivity contribution in [1.29, 1.82) is 0 Å². The Bertz CT molecular complexity index is 1380. The van der Waals surface area contributed by atoms with E-state index >= 15 is 0 Å². The van der Waals surface area contributed by atoms with Crippen LogP contribution in [0.4, 0.5) is 5.82 Å². The third-order valence-electron chi connectivity index (χ3n) is 5.52. The van der Waals surface area contributed by atoms with Crippen LogP contribution in [0, 0.1) is 11.8 Å². The normalized spacial score (nSPS) is 10.3. The van der Waals surface area contributed by atoms with Gasteiger partial charge in [-0.25, -0.2) is 9.78 Å². The van der Waals surface area contributed by atoms with Crippen LogP contribution in [0.25, 0.3) is 21.8 Å². The van der Waals surface area contributed by atoms with Gasteiger partial charge in [0.05, 0.1) is 16.6 Å². The van der Waals surface area contributed by atoms with Crippen LogP contribution in [0.5, 0.6) is 0 Å². The standard InChI is InChI=1S/C24H24ClN5O.C3H8.C2H6/c1-3-29(4-2)11-12-30-22-13-16(6-10-21(22)28-24(30)31)5-9-19-20-14-18(25)8-7-17(20)15-27-23(19)26;1-3-2;1-2/h6-8,10,13-15H,3-4,11-12H2,1-2H3,(H2,26,27)(H,28,31);3H2,1-2H3;1-2H3. The molecule has 0 bridgehead atoms. The van der Waals surface area contributed by atoms with E-state index in [2.05, 4.69) is 54.4 Å². The summed E-state index contributed by atoms with van der Waals surface area (Å²) in [7, 11) is 0. The van der Waals surface area contributed by atoms with Crippen LogP contribution in [0.3, 0.4) is 0 Å². The maximum atomic E-state index is 12.5. The zero-order valence-corrected chi connectivity index (χ0v) is 23.0.